The Labute approximate surface area is 245 Å². The smallest absolute Gasteiger partial charge is 0.767 e. The number of nitrogens with zero attached hydrogens (tertiary/aromatic N) is 7. The molecule has 4 aromatic heterocycles. The molecule has 200 valence electrons. The number of carbonyl (C=O) groups excluding carboxylic acids is 1. The predicted octanol–water partition coefficient (Wildman–Crippen LogP) is -0.420. The summed E-state index contributed by atoms with van der Waals surface area (Å²) in [5, 5.41) is 11.4. The number of amides is 1. The van der Waals surface area contributed by atoms with E-state index < -0.39 is 13.5 Å². The second-order valence-electron chi connectivity index (χ2n) is 8.82. The number of anilines is 1. The van der Waals surface area contributed by atoms with Gasteiger partial charge in [0.25, 0.3) is 5.91 Å². The van der Waals surface area contributed by atoms with Crippen LogP contribution in [0.25, 0.3) is 22.8 Å². The zero-order valence-electron chi connectivity index (χ0n) is 21.8. The molecule has 39 heavy (non-hydrogen) atoms. The van der Waals surface area contributed by atoms with Crippen molar-refractivity contribution in [3.63, 3.8) is 0 Å². The fourth-order valence-electron chi connectivity index (χ4n) is 4.30. The van der Waals surface area contributed by atoms with Crippen molar-refractivity contribution >= 4 is 19.2 Å². The molecule has 1 fully saturated rings. The number of oxazole rings is 1. The van der Waals surface area contributed by atoms with Crippen molar-refractivity contribution in [3.8, 4) is 22.8 Å². The second-order valence-corrected chi connectivity index (χ2v) is 10.5. The average Bonchev–Trinajstić information content (AvgIpc) is 3.64. The van der Waals surface area contributed by atoms with E-state index in [9.17, 15) is 14.3 Å². The molecule has 0 saturated heterocycles. The molecule has 1 amide bonds. The van der Waals surface area contributed by atoms with Crippen LogP contribution in [-0.4, -0.2) is 60.0 Å². The van der Waals surface area contributed by atoms with Gasteiger partial charge in [-0.15, -0.1) is 9.94 Å². The predicted molar refractivity (Wildman–Crippen MR) is 132 cm³/mol. The Morgan fingerprint density at radius 3 is 2.72 bits per heavy atom. The van der Waals surface area contributed by atoms with Gasteiger partial charge in [-0.25, -0.2) is 4.98 Å². The van der Waals surface area contributed by atoms with Crippen LogP contribution >= 0.6 is 7.60 Å². The quantitative estimate of drug-likeness (QED) is 0.206. The topological polar surface area (TPSA) is 175 Å². The Bertz CT molecular complexity index is 1440. The molecule has 14 nitrogen and oxygen atoms in total. The summed E-state index contributed by atoms with van der Waals surface area (Å²) in [5.41, 5.74) is 1.80. The summed E-state index contributed by atoms with van der Waals surface area (Å²) in [4.78, 5) is 37.9. The minimum Gasteiger partial charge on any atom is -0.767 e. The fraction of sp³-hybridized carbons (Fsp3) is 0.391. The molecule has 5 rings (SSSR count). The Morgan fingerprint density at radius 1 is 1.23 bits per heavy atom. The maximum atomic E-state index is 13.1. The van der Waals surface area contributed by atoms with Gasteiger partial charge in [0.15, 0.2) is 5.69 Å². The first kappa shape index (κ1) is 29.1. The molecule has 1 N–H and O–H groups in total. The maximum Gasteiger partial charge on any atom is 1.00 e. The number of nitrogens with one attached hydrogen (secondary N) is 1. The number of carbonyl (C=O) groups is 1. The van der Waals surface area contributed by atoms with Crippen molar-refractivity contribution in [2.45, 2.75) is 44.8 Å². The van der Waals surface area contributed by atoms with Crippen molar-refractivity contribution < 1.29 is 57.6 Å². The Balaban J connectivity index is 0.00000353. The Kier molecular flexibility index (Phi) is 9.36. The first-order chi connectivity index (χ1) is 18.3. The van der Waals surface area contributed by atoms with E-state index in [1.165, 1.54) is 18.7 Å². The molecular weight excluding hydrogens is 538 g/mol. The van der Waals surface area contributed by atoms with Crippen molar-refractivity contribution in [2.24, 2.45) is 0 Å². The van der Waals surface area contributed by atoms with E-state index in [0.717, 1.165) is 37.2 Å². The molecule has 1 saturated carbocycles. The number of hydrogen-bond acceptors (Lipinski definition) is 11. The first-order valence-corrected chi connectivity index (χ1v) is 14.1. The third kappa shape index (κ3) is 7.21. The van der Waals surface area contributed by atoms with Crippen LogP contribution in [0.15, 0.2) is 47.9 Å². The Morgan fingerprint density at radius 2 is 2.03 bits per heavy atom. The van der Waals surface area contributed by atoms with Crippen LogP contribution in [-0.2, 0) is 9.30 Å². The zero-order valence-corrected chi connectivity index (χ0v) is 24.7. The summed E-state index contributed by atoms with van der Waals surface area (Å²) in [5.74, 6) is -0.455. The monoisotopic (exact) mass is 564 g/mol. The van der Waals surface area contributed by atoms with Crippen LogP contribution in [0, 0.1) is 0 Å². The van der Waals surface area contributed by atoms with Gasteiger partial charge in [0.1, 0.15) is 17.7 Å². The van der Waals surface area contributed by atoms with Gasteiger partial charge in [0, 0.05) is 31.9 Å². The van der Waals surface area contributed by atoms with Crippen molar-refractivity contribution in [2.75, 3.05) is 18.6 Å². The van der Waals surface area contributed by atoms with Crippen molar-refractivity contribution in [3.05, 3.63) is 49.1 Å². The zero-order chi connectivity index (χ0) is 26.7. The SMILES string of the molecule is CCO[C@H]1CC[C@H](n2cc(NC(=O)c3coc(-c4cnn(OP(C)(=O)[O-])c4)n3)c(-c3cnccn3)n2)CC1.[Na+]. The standard InChI is InChI=1S/C23H27N8O6P.Na/c1-3-35-17-6-4-16(5-7-17)30-13-19(21(29-30)18-11-24-8-9-25-18)27-22(32)20-14-36-23(28-20)15-10-26-31(12-15)37-38(2,33)34;/h8-14,16-17H,3-7H2,1-2H3,(H,27,32)(H,33,34);/q;+1/p-1/t16-,17-;. The molecule has 0 radical (unpaired) electrons. The molecule has 1 unspecified atom stereocenters. The molecule has 0 bridgehead atoms. The van der Waals surface area contributed by atoms with Crippen LogP contribution < -0.4 is 44.4 Å². The molecule has 1 atom stereocenters. The van der Waals surface area contributed by atoms with Gasteiger partial charge in [-0.05, 0) is 32.6 Å². The van der Waals surface area contributed by atoms with Gasteiger partial charge in [-0.2, -0.15) is 5.10 Å². The van der Waals surface area contributed by atoms with Crippen LogP contribution in [0.1, 0.15) is 49.1 Å². The third-order valence-electron chi connectivity index (χ3n) is 5.98. The van der Waals surface area contributed by atoms with Crippen LogP contribution in [0.5, 0.6) is 0 Å². The van der Waals surface area contributed by atoms with Gasteiger partial charge in [0.05, 0.1) is 42.0 Å². The minimum atomic E-state index is -4.05. The van der Waals surface area contributed by atoms with Gasteiger partial charge < -0.3 is 24.0 Å². The van der Waals surface area contributed by atoms with E-state index in [1.54, 1.807) is 24.8 Å². The molecule has 4 aromatic rings. The molecule has 4 heterocycles. The van der Waals surface area contributed by atoms with E-state index in [0.29, 0.717) is 29.2 Å². The minimum absolute atomic E-state index is 0. The van der Waals surface area contributed by atoms with Gasteiger partial charge in [0.2, 0.25) is 13.5 Å². The summed E-state index contributed by atoms with van der Waals surface area (Å²) < 4.78 is 29.1. The average molecular weight is 564 g/mol. The fourth-order valence-corrected chi connectivity index (χ4v) is 4.69. The summed E-state index contributed by atoms with van der Waals surface area (Å²) in [6, 6.07) is 0.165. The summed E-state index contributed by atoms with van der Waals surface area (Å²) in [7, 11) is -4.05. The molecule has 1 aliphatic rings. The molecule has 0 aromatic carbocycles. The molecular formula is C23H26N8NaO6P. The van der Waals surface area contributed by atoms with Crippen LogP contribution in [0.4, 0.5) is 5.69 Å². The number of hydrogen-bond donors (Lipinski definition) is 1. The van der Waals surface area contributed by atoms with Crippen LogP contribution in [0.3, 0.4) is 0 Å². The molecule has 16 heteroatoms. The maximum absolute atomic E-state index is 13.1. The number of ether oxygens (including phenoxy) is 1. The molecule has 0 aliphatic heterocycles. The van der Waals surface area contributed by atoms with Gasteiger partial charge >= 0.3 is 29.6 Å². The van der Waals surface area contributed by atoms with Crippen LogP contribution in [0.2, 0.25) is 0 Å². The summed E-state index contributed by atoms with van der Waals surface area (Å²) in [6.07, 6.45) is 14.2. The van der Waals surface area contributed by atoms with E-state index >= 15 is 0 Å². The van der Waals surface area contributed by atoms with Gasteiger partial charge in [-0.1, -0.05) is 0 Å². The van der Waals surface area contributed by atoms with E-state index in [2.05, 4.69) is 25.4 Å². The largest absolute Gasteiger partial charge is 1.00 e. The number of aromatic nitrogens is 7. The second kappa shape index (κ2) is 12.5. The third-order valence-corrected chi connectivity index (χ3v) is 6.45. The normalized spacial score (nSPS) is 18.6. The van der Waals surface area contributed by atoms with E-state index in [1.807, 2.05) is 11.6 Å². The molecule has 1 aliphatic carbocycles. The summed E-state index contributed by atoms with van der Waals surface area (Å²) >= 11 is 0. The van der Waals surface area contributed by atoms with Crippen molar-refractivity contribution in [1.82, 2.24) is 34.7 Å². The van der Waals surface area contributed by atoms with E-state index in [4.69, 9.17) is 18.9 Å². The van der Waals surface area contributed by atoms with Gasteiger partial charge in [-0.3, -0.25) is 24.0 Å². The Hall–Kier alpha value is -2.87. The van der Waals surface area contributed by atoms with E-state index in [-0.39, 0.29) is 53.3 Å². The summed E-state index contributed by atoms with van der Waals surface area (Å²) in [6.45, 7) is 3.62. The number of rotatable bonds is 9. The molecule has 0 spiro atoms. The van der Waals surface area contributed by atoms with Crippen molar-refractivity contribution in [1.29, 1.82) is 0 Å². The first-order valence-electron chi connectivity index (χ1n) is 12.1.